The van der Waals surface area contributed by atoms with E-state index in [-0.39, 0.29) is 0 Å². The molecule has 1 heterocycles. The molecule has 3 nitrogen and oxygen atoms in total. The minimum atomic E-state index is 0.703. The first-order chi connectivity index (χ1) is 7.40. The summed E-state index contributed by atoms with van der Waals surface area (Å²) in [7, 11) is 0. The fourth-order valence-corrected chi connectivity index (χ4v) is 1.65. The minimum Gasteiger partial charge on any atom is -0.334 e. The number of isothiocyanates is 1. The second kappa shape index (κ2) is 4.82. The van der Waals surface area contributed by atoms with Crippen LogP contribution in [-0.4, -0.2) is 29.1 Å². The van der Waals surface area contributed by atoms with Gasteiger partial charge in [-0.3, -0.25) is 0 Å². The molecular weight excluding hydrogens is 206 g/mol. The zero-order chi connectivity index (χ0) is 10.5. The van der Waals surface area contributed by atoms with E-state index in [2.05, 4.69) is 44.4 Å². The van der Waals surface area contributed by atoms with Crippen LogP contribution in [0, 0.1) is 0 Å². The third-order valence-electron chi connectivity index (χ3n) is 2.27. The van der Waals surface area contributed by atoms with Crippen molar-refractivity contribution in [2.24, 2.45) is 9.98 Å². The Morgan fingerprint density at radius 3 is 2.93 bits per heavy atom. The summed E-state index contributed by atoms with van der Waals surface area (Å²) >= 11 is 4.58. The number of guanidine groups is 1. The topological polar surface area (TPSA) is 28.0 Å². The highest BCUT2D eigenvalue weighted by molar-refractivity contribution is 7.78. The van der Waals surface area contributed by atoms with Crippen molar-refractivity contribution in [1.82, 2.24) is 4.90 Å². The Kier molecular flexibility index (Phi) is 3.22. The Morgan fingerprint density at radius 2 is 2.20 bits per heavy atom. The van der Waals surface area contributed by atoms with Gasteiger partial charge in [-0.1, -0.05) is 30.3 Å². The van der Waals surface area contributed by atoms with Crippen LogP contribution in [0.2, 0.25) is 0 Å². The summed E-state index contributed by atoms with van der Waals surface area (Å²) in [6, 6.07) is 10.3. The van der Waals surface area contributed by atoms with Crippen molar-refractivity contribution in [1.29, 1.82) is 0 Å². The number of aliphatic imine (C=N–C) groups is 2. The van der Waals surface area contributed by atoms with E-state index < -0.39 is 0 Å². The van der Waals surface area contributed by atoms with Gasteiger partial charge in [0.15, 0.2) is 0 Å². The predicted molar refractivity (Wildman–Crippen MR) is 64.2 cm³/mol. The summed E-state index contributed by atoms with van der Waals surface area (Å²) in [5, 5.41) is 2.36. The maximum Gasteiger partial charge on any atom is 0.230 e. The highest BCUT2D eigenvalue weighted by Crippen LogP contribution is 2.09. The van der Waals surface area contributed by atoms with Gasteiger partial charge in [0.1, 0.15) is 0 Å². The average Bonchev–Trinajstić information content (AvgIpc) is 2.68. The highest BCUT2D eigenvalue weighted by Gasteiger charge is 2.15. The quantitative estimate of drug-likeness (QED) is 0.559. The van der Waals surface area contributed by atoms with E-state index in [1.54, 1.807) is 0 Å². The first kappa shape index (κ1) is 10.0. The Labute approximate surface area is 94.2 Å². The van der Waals surface area contributed by atoms with E-state index in [4.69, 9.17) is 0 Å². The van der Waals surface area contributed by atoms with Crippen LogP contribution in [-0.2, 0) is 6.54 Å². The number of thiocarbonyl (C=S) groups is 1. The first-order valence-corrected chi connectivity index (χ1v) is 5.22. The summed E-state index contributed by atoms with van der Waals surface area (Å²) in [5.41, 5.74) is 1.26. The van der Waals surface area contributed by atoms with Gasteiger partial charge in [0.2, 0.25) is 5.96 Å². The summed E-state index contributed by atoms with van der Waals surface area (Å²) in [6.07, 6.45) is 0. The third kappa shape index (κ3) is 2.49. The van der Waals surface area contributed by atoms with Crippen molar-refractivity contribution >= 4 is 23.3 Å². The van der Waals surface area contributed by atoms with Crippen LogP contribution >= 0.6 is 12.2 Å². The molecule has 0 saturated heterocycles. The number of hydrogen-bond donors (Lipinski definition) is 0. The summed E-state index contributed by atoms with van der Waals surface area (Å²) in [6.45, 7) is 2.54. The molecule has 1 aromatic carbocycles. The summed E-state index contributed by atoms with van der Waals surface area (Å²) in [4.78, 5) is 10.3. The second-order valence-corrected chi connectivity index (χ2v) is 3.47. The molecule has 2 rings (SSSR count). The Morgan fingerprint density at radius 1 is 1.40 bits per heavy atom. The maximum absolute atomic E-state index is 4.58. The van der Waals surface area contributed by atoms with Gasteiger partial charge in [0.25, 0.3) is 0 Å². The molecule has 0 aliphatic carbocycles. The lowest BCUT2D eigenvalue weighted by Gasteiger charge is -2.16. The molecule has 1 aromatic rings. The zero-order valence-electron chi connectivity index (χ0n) is 8.26. The molecule has 0 spiro atoms. The van der Waals surface area contributed by atoms with Crippen molar-refractivity contribution in [3.05, 3.63) is 35.9 Å². The van der Waals surface area contributed by atoms with E-state index in [9.17, 15) is 0 Å². The molecule has 15 heavy (non-hydrogen) atoms. The molecule has 0 N–H and O–H groups in total. The van der Waals surface area contributed by atoms with E-state index in [0.717, 1.165) is 19.6 Å². The Balaban J connectivity index is 2.07. The number of hydrogen-bond acceptors (Lipinski definition) is 4. The molecule has 0 aromatic heterocycles. The van der Waals surface area contributed by atoms with Gasteiger partial charge in [0.05, 0.1) is 11.7 Å². The third-order valence-corrected chi connectivity index (χ3v) is 2.36. The number of benzene rings is 1. The molecule has 1 aliphatic rings. The van der Waals surface area contributed by atoms with Crippen LogP contribution < -0.4 is 0 Å². The van der Waals surface area contributed by atoms with Gasteiger partial charge in [-0.2, -0.15) is 4.99 Å². The SMILES string of the molecule is S=C=NC1=NCCN1Cc1ccccc1. The van der Waals surface area contributed by atoms with E-state index in [1.807, 2.05) is 18.2 Å². The van der Waals surface area contributed by atoms with Crippen LogP contribution in [0.3, 0.4) is 0 Å². The van der Waals surface area contributed by atoms with Crippen molar-refractivity contribution in [3.8, 4) is 0 Å². The van der Waals surface area contributed by atoms with E-state index in [0.29, 0.717) is 5.96 Å². The standard InChI is InChI=1S/C11H11N3S/c15-9-13-11-12-6-7-14(11)8-10-4-2-1-3-5-10/h1-5H,6-8H2. The number of rotatable bonds is 2. The monoisotopic (exact) mass is 217 g/mol. The lowest BCUT2D eigenvalue weighted by molar-refractivity contribution is 0.448. The summed E-state index contributed by atoms with van der Waals surface area (Å²) in [5.74, 6) is 0.703. The molecule has 1 aliphatic heterocycles. The van der Waals surface area contributed by atoms with Crippen molar-refractivity contribution in [2.45, 2.75) is 6.54 Å². The zero-order valence-corrected chi connectivity index (χ0v) is 9.07. The van der Waals surface area contributed by atoms with Gasteiger partial charge < -0.3 is 4.90 Å². The van der Waals surface area contributed by atoms with Crippen LogP contribution in [0.4, 0.5) is 0 Å². The average molecular weight is 217 g/mol. The van der Waals surface area contributed by atoms with Crippen LogP contribution in [0.1, 0.15) is 5.56 Å². The molecule has 4 heteroatoms. The fourth-order valence-electron chi connectivity index (χ4n) is 1.57. The van der Waals surface area contributed by atoms with Crippen molar-refractivity contribution in [3.63, 3.8) is 0 Å². The second-order valence-electron chi connectivity index (χ2n) is 3.29. The molecule has 0 amide bonds. The normalized spacial score (nSPS) is 14.7. The fraction of sp³-hybridized carbons (Fsp3) is 0.273. The van der Waals surface area contributed by atoms with Gasteiger partial charge in [-0.05, 0) is 17.8 Å². The van der Waals surface area contributed by atoms with Gasteiger partial charge in [-0.15, -0.1) is 0 Å². The van der Waals surface area contributed by atoms with Crippen molar-refractivity contribution in [2.75, 3.05) is 13.1 Å². The molecule has 0 atom stereocenters. The van der Waals surface area contributed by atoms with Gasteiger partial charge >= 0.3 is 0 Å². The minimum absolute atomic E-state index is 0.703. The van der Waals surface area contributed by atoms with Crippen LogP contribution in [0.15, 0.2) is 40.3 Å². The maximum atomic E-state index is 4.58. The molecule has 0 fully saturated rings. The van der Waals surface area contributed by atoms with Gasteiger partial charge in [-0.25, -0.2) is 4.99 Å². The highest BCUT2D eigenvalue weighted by atomic mass is 32.1. The Hall–Kier alpha value is -1.51. The number of nitrogens with zero attached hydrogens (tertiary/aromatic N) is 3. The molecule has 0 unspecified atom stereocenters. The van der Waals surface area contributed by atoms with E-state index in [1.165, 1.54) is 5.56 Å². The lowest BCUT2D eigenvalue weighted by atomic mass is 10.2. The largest absolute Gasteiger partial charge is 0.334 e. The molecule has 0 saturated carbocycles. The van der Waals surface area contributed by atoms with Crippen LogP contribution in [0.25, 0.3) is 0 Å². The molecule has 76 valence electrons. The van der Waals surface area contributed by atoms with Crippen molar-refractivity contribution < 1.29 is 0 Å². The Bertz CT molecular complexity index is 407. The lowest BCUT2D eigenvalue weighted by Crippen LogP contribution is -2.25. The molecular formula is C11H11N3S. The smallest absolute Gasteiger partial charge is 0.230 e. The predicted octanol–water partition coefficient (Wildman–Crippen LogP) is 1.96. The van der Waals surface area contributed by atoms with Gasteiger partial charge in [0, 0.05) is 13.1 Å². The first-order valence-electron chi connectivity index (χ1n) is 4.81. The molecule has 0 bridgehead atoms. The van der Waals surface area contributed by atoms with Crippen LogP contribution in [0.5, 0.6) is 0 Å². The molecule has 0 radical (unpaired) electrons. The van der Waals surface area contributed by atoms with E-state index >= 15 is 0 Å². The summed E-state index contributed by atoms with van der Waals surface area (Å²) < 4.78 is 0.